The maximum absolute atomic E-state index is 13.0. The second-order valence-electron chi connectivity index (χ2n) is 4.46. The molecule has 0 radical (unpaired) electrons. The Kier molecular flexibility index (Phi) is 3.31. The third-order valence-corrected chi connectivity index (χ3v) is 4.34. The lowest BCUT2D eigenvalue weighted by molar-refractivity contribution is 0.584. The van der Waals surface area contributed by atoms with Crippen LogP contribution in [0.1, 0.15) is 0 Å². The number of benzene rings is 2. The fourth-order valence-electron chi connectivity index (χ4n) is 2.00. The molecule has 1 N–H and O–H groups in total. The molecule has 0 aliphatic heterocycles. The van der Waals surface area contributed by atoms with Crippen molar-refractivity contribution in [1.82, 2.24) is 4.98 Å². The number of sulfonamides is 1. The van der Waals surface area contributed by atoms with Crippen LogP contribution < -0.4 is 4.72 Å². The lowest BCUT2D eigenvalue weighted by atomic mass is 10.1. The van der Waals surface area contributed by atoms with Crippen LogP contribution in [0.25, 0.3) is 10.8 Å². The Labute approximate surface area is 121 Å². The molecule has 0 unspecified atom stereocenters. The molecular weight excluding hydrogens is 291 g/mol. The monoisotopic (exact) mass is 302 g/mol. The van der Waals surface area contributed by atoms with E-state index in [-0.39, 0.29) is 10.7 Å². The standard InChI is InChI=1S/C15H11FN2O2S/c16-14-6-3-7-15(17-14)18-21(19,20)13-9-8-11-4-1-2-5-12(11)10-13/h1-10H,(H,17,18). The minimum atomic E-state index is -3.80. The molecule has 0 saturated heterocycles. The normalized spacial score (nSPS) is 11.5. The number of anilines is 1. The van der Waals surface area contributed by atoms with Crippen LogP contribution in [0, 0.1) is 5.95 Å². The molecule has 1 aromatic heterocycles. The van der Waals surface area contributed by atoms with Crippen LogP contribution in [0.3, 0.4) is 0 Å². The SMILES string of the molecule is O=S(=O)(Nc1cccc(F)n1)c1ccc2ccccc2c1. The van der Waals surface area contributed by atoms with Crippen LogP contribution in [-0.4, -0.2) is 13.4 Å². The molecule has 3 aromatic rings. The van der Waals surface area contributed by atoms with Crippen LogP contribution in [0.4, 0.5) is 10.2 Å². The van der Waals surface area contributed by atoms with Gasteiger partial charge in [0, 0.05) is 0 Å². The Morgan fingerprint density at radius 1 is 0.905 bits per heavy atom. The minimum Gasteiger partial charge on any atom is -0.263 e. The number of pyridine rings is 1. The van der Waals surface area contributed by atoms with Crippen LogP contribution >= 0.6 is 0 Å². The predicted octanol–water partition coefficient (Wildman–Crippen LogP) is 3.17. The Morgan fingerprint density at radius 2 is 1.67 bits per heavy atom. The molecule has 0 atom stereocenters. The van der Waals surface area contributed by atoms with Crippen molar-refractivity contribution < 1.29 is 12.8 Å². The lowest BCUT2D eigenvalue weighted by Crippen LogP contribution is -2.14. The van der Waals surface area contributed by atoms with Gasteiger partial charge in [-0.1, -0.05) is 36.4 Å². The van der Waals surface area contributed by atoms with Gasteiger partial charge in [0.25, 0.3) is 10.0 Å². The number of rotatable bonds is 3. The third-order valence-electron chi connectivity index (χ3n) is 2.99. The smallest absolute Gasteiger partial charge is 0.263 e. The van der Waals surface area contributed by atoms with Crippen molar-refractivity contribution in [2.45, 2.75) is 4.90 Å². The number of hydrogen-bond acceptors (Lipinski definition) is 3. The fraction of sp³-hybridized carbons (Fsp3) is 0. The zero-order chi connectivity index (χ0) is 14.9. The quantitative estimate of drug-likeness (QED) is 0.756. The van der Waals surface area contributed by atoms with Gasteiger partial charge < -0.3 is 0 Å². The first-order valence-corrected chi connectivity index (χ1v) is 7.67. The van der Waals surface area contributed by atoms with Gasteiger partial charge in [-0.2, -0.15) is 4.39 Å². The van der Waals surface area contributed by atoms with E-state index in [1.807, 2.05) is 24.3 Å². The molecule has 6 heteroatoms. The summed E-state index contributed by atoms with van der Waals surface area (Å²) in [7, 11) is -3.80. The maximum atomic E-state index is 13.0. The summed E-state index contributed by atoms with van der Waals surface area (Å²) in [6.45, 7) is 0. The number of nitrogens with one attached hydrogen (secondary N) is 1. The molecule has 0 bridgehead atoms. The molecule has 0 amide bonds. The van der Waals surface area contributed by atoms with Gasteiger partial charge >= 0.3 is 0 Å². The number of halogens is 1. The average molecular weight is 302 g/mol. The maximum Gasteiger partial charge on any atom is 0.263 e. The van der Waals surface area contributed by atoms with Crippen LogP contribution in [0.5, 0.6) is 0 Å². The van der Waals surface area contributed by atoms with Gasteiger partial charge in [-0.25, -0.2) is 13.4 Å². The number of fused-ring (bicyclic) bond motifs is 1. The molecule has 0 aliphatic carbocycles. The highest BCUT2D eigenvalue weighted by atomic mass is 32.2. The van der Waals surface area contributed by atoms with Gasteiger partial charge in [0.15, 0.2) is 0 Å². The summed E-state index contributed by atoms with van der Waals surface area (Å²) in [6.07, 6.45) is 0. The minimum absolute atomic E-state index is 0.0526. The lowest BCUT2D eigenvalue weighted by Gasteiger charge is -2.08. The van der Waals surface area contributed by atoms with Crippen molar-refractivity contribution >= 4 is 26.6 Å². The predicted molar refractivity (Wildman–Crippen MR) is 79.0 cm³/mol. The number of nitrogens with zero attached hydrogens (tertiary/aromatic N) is 1. The van der Waals surface area contributed by atoms with Crippen molar-refractivity contribution in [3.63, 3.8) is 0 Å². The Morgan fingerprint density at radius 3 is 2.43 bits per heavy atom. The second-order valence-corrected chi connectivity index (χ2v) is 6.14. The summed E-state index contributed by atoms with van der Waals surface area (Å²) >= 11 is 0. The van der Waals surface area contributed by atoms with Crippen molar-refractivity contribution in [2.75, 3.05) is 4.72 Å². The summed E-state index contributed by atoms with van der Waals surface area (Å²) in [5, 5.41) is 1.76. The van der Waals surface area contributed by atoms with E-state index in [1.165, 1.54) is 18.2 Å². The van der Waals surface area contributed by atoms with Gasteiger partial charge in [0.2, 0.25) is 5.95 Å². The molecule has 4 nitrogen and oxygen atoms in total. The van der Waals surface area contributed by atoms with Crippen LogP contribution in [-0.2, 0) is 10.0 Å². The van der Waals surface area contributed by atoms with Gasteiger partial charge in [-0.05, 0) is 35.0 Å². The van der Waals surface area contributed by atoms with E-state index in [0.717, 1.165) is 16.8 Å². The molecule has 0 saturated carbocycles. The molecule has 2 aromatic carbocycles. The molecule has 0 fully saturated rings. The van der Waals surface area contributed by atoms with Crippen LogP contribution in [0.2, 0.25) is 0 Å². The van der Waals surface area contributed by atoms with Gasteiger partial charge in [0.05, 0.1) is 4.90 Å². The fourth-order valence-corrected chi connectivity index (χ4v) is 3.03. The van der Waals surface area contributed by atoms with E-state index in [2.05, 4.69) is 9.71 Å². The first-order chi connectivity index (χ1) is 10.0. The summed E-state index contributed by atoms with van der Waals surface area (Å²) in [6, 6.07) is 16.2. The molecule has 21 heavy (non-hydrogen) atoms. The largest absolute Gasteiger partial charge is 0.263 e. The Hall–Kier alpha value is -2.47. The van der Waals surface area contributed by atoms with E-state index in [0.29, 0.717) is 0 Å². The summed E-state index contributed by atoms with van der Waals surface area (Å²) < 4.78 is 39.8. The first kappa shape index (κ1) is 13.5. The summed E-state index contributed by atoms with van der Waals surface area (Å²) in [4.78, 5) is 3.59. The van der Waals surface area contributed by atoms with Crippen molar-refractivity contribution in [3.05, 3.63) is 66.6 Å². The van der Waals surface area contributed by atoms with Crippen LogP contribution in [0.15, 0.2) is 65.6 Å². The Bertz CT molecular complexity index is 910. The Balaban J connectivity index is 2.00. The van der Waals surface area contributed by atoms with Gasteiger partial charge in [-0.15, -0.1) is 0 Å². The molecule has 1 heterocycles. The van der Waals surface area contributed by atoms with E-state index in [1.54, 1.807) is 12.1 Å². The van der Waals surface area contributed by atoms with E-state index >= 15 is 0 Å². The van der Waals surface area contributed by atoms with Crippen molar-refractivity contribution in [1.29, 1.82) is 0 Å². The van der Waals surface area contributed by atoms with Crippen molar-refractivity contribution in [3.8, 4) is 0 Å². The number of aromatic nitrogens is 1. The van der Waals surface area contributed by atoms with Gasteiger partial charge in [-0.3, -0.25) is 4.72 Å². The summed E-state index contributed by atoms with van der Waals surface area (Å²) in [5.74, 6) is -0.795. The zero-order valence-electron chi connectivity index (χ0n) is 10.8. The summed E-state index contributed by atoms with van der Waals surface area (Å²) in [5.41, 5.74) is 0. The average Bonchev–Trinajstić information content (AvgIpc) is 2.46. The molecule has 3 rings (SSSR count). The topological polar surface area (TPSA) is 59.1 Å². The van der Waals surface area contributed by atoms with E-state index < -0.39 is 16.0 Å². The highest BCUT2D eigenvalue weighted by Gasteiger charge is 2.15. The van der Waals surface area contributed by atoms with Crippen molar-refractivity contribution in [2.24, 2.45) is 0 Å². The third kappa shape index (κ3) is 2.85. The first-order valence-electron chi connectivity index (χ1n) is 6.19. The molecule has 0 spiro atoms. The number of hydrogen-bond donors (Lipinski definition) is 1. The second kappa shape index (κ2) is 5.14. The zero-order valence-corrected chi connectivity index (χ0v) is 11.6. The van der Waals surface area contributed by atoms with Gasteiger partial charge in [0.1, 0.15) is 5.82 Å². The van der Waals surface area contributed by atoms with E-state index in [4.69, 9.17) is 0 Å². The van der Waals surface area contributed by atoms with E-state index in [9.17, 15) is 12.8 Å². The highest BCUT2D eigenvalue weighted by Crippen LogP contribution is 2.20. The molecule has 106 valence electrons. The molecular formula is C15H11FN2O2S. The molecule has 0 aliphatic rings. The highest BCUT2D eigenvalue weighted by molar-refractivity contribution is 7.92.